The molecule has 0 spiro atoms. The van der Waals surface area contributed by atoms with E-state index >= 15 is 0 Å². The topological polar surface area (TPSA) is 92.9 Å². The maximum Gasteiger partial charge on any atom is 0.290 e. The van der Waals surface area contributed by atoms with E-state index in [-0.39, 0.29) is 17.9 Å². The molecule has 0 saturated carbocycles. The van der Waals surface area contributed by atoms with Crippen molar-refractivity contribution in [3.63, 3.8) is 0 Å². The van der Waals surface area contributed by atoms with E-state index in [2.05, 4.69) is 4.98 Å². The number of amides is 1. The minimum absolute atomic E-state index is 0.0118. The van der Waals surface area contributed by atoms with Gasteiger partial charge in [0.15, 0.2) is 11.5 Å². The van der Waals surface area contributed by atoms with Crippen LogP contribution in [0.5, 0.6) is 5.75 Å². The fourth-order valence-corrected chi connectivity index (χ4v) is 4.22. The highest BCUT2D eigenvalue weighted by Crippen LogP contribution is 2.40. The first-order valence-electron chi connectivity index (χ1n) is 11.0. The van der Waals surface area contributed by atoms with E-state index in [1.807, 2.05) is 25.1 Å². The fraction of sp³-hybridized carbons (Fsp3) is 0.148. The second-order valence-corrected chi connectivity index (χ2v) is 7.93. The van der Waals surface area contributed by atoms with Crippen molar-refractivity contribution in [1.82, 2.24) is 9.88 Å². The van der Waals surface area contributed by atoms with Gasteiger partial charge in [-0.05, 0) is 54.4 Å². The summed E-state index contributed by atoms with van der Waals surface area (Å²) < 4.78 is 11.3. The number of para-hydroxylation sites is 1. The molecule has 34 heavy (non-hydrogen) atoms. The Kier molecular flexibility index (Phi) is 5.59. The molecule has 2 aromatic carbocycles. The number of benzene rings is 2. The zero-order valence-corrected chi connectivity index (χ0v) is 18.5. The number of ether oxygens (including phenoxy) is 1. The lowest BCUT2D eigenvalue weighted by atomic mass is 9.94. The van der Waals surface area contributed by atoms with Gasteiger partial charge in [-0.3, -0.25) is 14.6 Å². The summed E-state index contributed by atoms with van der Waals surface area (Å²) in [6.45, 7) is 2.61. The highest BCUT2D eigenvalue weighted by Gasteiger charge is 2.44. The molecular weight excluding hydrogens is 432 g/mol. The number of aromatic nitrogens is 1. The molecule has 0 saturated heterocycles. The van der Waals surface area contributed by atoms with Gasteiger partial charge >= 0.3 is 0 Å². The zero-order chi connectivity index (χ0) is 23.7. The minimum atomic E-state index is -0.794. The molecule has 0 radical (unpaired) electrons. The third kappa shape index (κ3) is 3.81. The molecule has 0 aliphatic carbocycles. The third-order valence-electron chi connectivity index (χ3n) is 5.81. The number of fused-ring (bicyclic) bond motifs is 1. The third-order valence-corrected chi connectivity index (χ3v) is 5.81. The SMILES string of the molecule is CCOc1ccc(C2C(C(=O)c3cc4ccccc4o3)=C(O)C(=O)N2Cc2ccncc2)cc1. The Bertz CT molecular complexity index is 1360. The molecule has 5 rings (SSSR count). The maximum atomic E-state index is 13.6. The van der Waals surface area contributed by atoms with Crippen molar-refractivity contribution < 1.29 is 23.8 Å². The number of hydrogen-bond acceptors (Lipinski definition) is 6. The second kappa shape index (κ2) is 8.86. The van der Waals surface area contributed by atoms with Gasteiger partial charge in [0.2, 0.25) is 5.78 Å². The molecule has 4 aromatic rings. The number of furan rings is 1. The largest absolute Gasteiger partial charge is 0.503 e. The van der Waals surface area contributed by atoms with Gasteiger partial charge in [0, 0.05) is 24.3 Å². The molecule has 1 atom stereocenters. The van der Waals surface area contributed by atoms with Gasteiger partial charge < -0.3 is 19.2 Å². The Balaban J connectivity index is 1.58. The smallest absolute Gasteiger partial charge is 0.290 e. The highest BCUT2D eigenvalue weighted by molar-refractivity contribution is 6.16. The van der Waals surface area contributed by atoms with Crippen molar-refractivity contribution in [2.24, 2.45) is 0 Å². The van der Waals surface area contributed by atoms with E-state index in [9.17, 15) is 14.7 Å². The van der Waals surface area contributed by atoms with Crippen LogP contribution in [0.3, 0.4) is 0 Å². The number of hydrogen-bond donors (Lipinski definition) is 1. The van der Waals surface area contributed by atoms with Crippen molar-refractivity contribution in [3.8, 4) is 5.75 Å². The molecule has 1 aliphatic heterocycles. The molecule has 7 nitrogen and oxygen atoms in total. The van der Waals surface area contributed by atoms with Crippen LogP contribution in [0.1, 0.15) is 34.6 Å². The number of carbonyl (C=O) groups excluding carboxylic acids is 2. The van der Waals surface area contributed by atoms with Gasteiger partial charge in [-0.1, -0.05) is 30.3 Å². The Morgan fingerprint density at radius 3 is 2.53 bits per heavy atom. The summed E-state index contributed by atoms with van der Waals surface area (Å²) in [5.74, 6) is -0.974. The number of ketones is 1. The van der Waals surface area contributed by atoms with Crippen molar-refractivity contribution in [2.45, 2.75) is 19.5 Å². The van der Waals surface area contributed by atoms with Gasteiger partial charge in [-0.15, -0.1) is 0 Å². The molecule has 3 heterocycles. The van der Waals surface area contributed by atoms with Gasteiger partial charge in [0.25, 0.3) is 5.91 Å². The molecular formula is C27H22N2O5. The van der Waals surface area contributed by atoms with Crippen LogP contribution in [0, 0.1) is 0 Å². The normalized spacial score (nSPS) is 15.9. The summed E-state index contributed by atoms with van der Waals surface area (Å²) in [5, 5.41) is 11.6. The Morgan fingerprint density at radius 2 is 1.82 bits per heavy atom. The predicted molar refractivity (Wildman–Crippen MR) is 125 cm³/mol. The molecule has 0 bridgehead atoms. The van der Waals surface area contributed by atoms with E-state index in [4.69, 9.17) is 9.15 Å². The molecule has 2 aromatic heterocycles. The lowest BCUT2D eigenvalue weighted by Crippen LogP contribution is -2.30. The van der Waals surface area contributed by atoms with Gasteiger partial charge in [0.1, 0.15) is 11.3 Å². The molecule has 1 N–H and O–H groups in total. The van der Waals surface area contributed by atoms with Crippen LogP contribution in [0.25, 0.3) is 11.0 Å². The average molecular weight is 454 g/mol. The molecule has 1 aliphatic rings. The van der Waals surface area contributed by atoms with Crippen molar-refractivity contribution >= 4 is 22.7 Å². The fourth-order valence-electron chi connectivity index (χ4n) is 4.22. The van der Waals surface area contributed by atoms with Gasteiger partial charge in [-0.25, -0.2) is 0 Å². The molecule has 1 amide bonds. The van der Waals surface area contributed by atoms with Crippen LogP contribution in [0.2, 0.25) is 0 Å². The predicted octanol–water partition coefficient (Wildman–Crippen LogP) is 5.01. The Labute approximate surface area is 195 Å². The highest BCUT2D eigenvalue weighted by atomic mass is 16.5. The van der Waals surface area contributed by atoms with Crippen molar-refractivity contribution in [2.75, 3.05) is 6.61 Å². The number of nitrogens with zero attached hydrogens (tertiary/aromatic N) is 2. The Morgan fingerprint density at radius 1 is 1.09 bits per heavy atom. The second-order valence-electron chi connectivity index (χ2n) is 7.93. The minimum Gasteiger partial charge on any atom is -0.503 e. The average Bonchev–Trinajstić information content (AvgIpc) is 3.40. The van der Waals surface area contributed by atoms with Crippen LogP contribution in [-0.2, 0) is 11.3 Å². The monoisotopic (exact) mass is 454 g/mol. The van der Waals surface area contributed by atoms with E-state index in [0.29, 0.717) is 23.5 Å². The van der Waals surface area contributed by atoms with Crippen LogP contribution < -0.4 is 4.74 Å². The van der Waals surface area contributed by atoms with Gasteiger partial charge in [-0.2, -0.15) is 0 Å². The van der Waals surface area contributed by atoms with Crippen LogP contribution in [0.15, 0.2) is 94.9 Å². The first-order chi connectivity index (χ1) is 16.6. The maximum absolute atomic E-state index is 13.6. The number of rotatable bonds is 7. The molecule has 1 unspecified atom stereocenters. The summed E-state index contributed by atoms with van der Waals surface area (Å²) in [7, 11) is 0. The quantitative estimate of drug-likeness (QED) is 0.395. The number of aliphatic hydroxyl groups excluding tert-OH is 1. The summed E-state index contributed by atoms with van der Waals surface area (Å²) in [4.78, 5) is 32.3. The van der Waals surface area contributed by atoms with Crippen LogP contribution >= 0.6 is 0 Å². The van der Waals surface area contributed by atoms with Crippen LogP contribution in [0.4, 0.5) is 0 Å². The standard InChI is InChI=1S/C27H22N2O5/c1-2-33-20-9-7-18(8-10-20)24-23(25(30)22-15-19-5-3-4-6-21(19)34-22)26(31)27(32)29(24)16-17-11-13-28-14-12-17/h3-15,24,31H,2,16H2,1H3. The van der Waals surface area contributed by atoms with Gasteiger partial charge in [0.05, 0.1) is 18.2 Å². The molecule has 170 valence electrons. The van der Waals surface area contributed by atoms with Crippen molar-refractivity contribution in [3.05, 3.63) is 107 Å². The first-order valence-corrected chi connectivity index (χ1v) is 11.0. The number of carbonyl (C=O) groups is 2. The number of pyridine rings is 1. The molecule has 7 heteroatoms. The van der Waals surface area contributed by atoms with E-state index in [1.165, 1.54) is 4.90 Å². The Hall–Kier alpha value is -4.39. The van der Waals surface area contributed by atoms with E-state index in [1.54, 1.807) is 60.9 Å². The zero-order valence-electron chi connectivity index (χ0n) is 18.5. The number of aliphatic hydroxyl groups is 1. The first kappa shape index (κ1) is 21.5. The summed E-state index contributed by atoms with van der Waals surface area (Å²) in [5.41, 5.74) is 2.04. The molecule has 0 fully saturated rings. The van der Waals surface area contributed by atoms with Crippen LogP contribution in [-0.4, -0.2) is 33.3 Å². The van der Waals surface area contributed by atoms with E-state index < -0.39 is 23.5 Å². The van der Waals surface area contributed by atoms with E-state index in [0.717, 1.165) is 10.9 Å². The lowest BCUT2D eigenvalue weighted by molar-refractivity contribution is -0.130. The lowest BCUT2D eigenvalue weighted by Gasteiger charge is -2.27. The van der Waals surface area contributed by atoms with Crippen molar-refractivity contribution in [1.29, 1.82) is 0 Å². The number of Topliss-reactive ketones (excluding diaryl/α,β-unsaturated/α-hetero) is 1. The summed E-state index contributed by atoms with van der Waals surface area (Å²) in [6, 6.07) is 18.8. The summed E-state index contributed by atoms with van der Waals surface area (Å²) in [6.07, 6.45) is 3.27. The summed E-state index contributed by atoms with van der Waals surface area (Å²) >= 11 is 0.